The molecule has 1 rings (SSSR count). The second kappa shape index (κ2) is 6.16. The van der Waals surface area contributed by atoms with Crippen LogP contribution in [0.5, 0.6) is 0 Å². The van der Waals surface area contributed by atoms with Gasteiger partial charge in [0.15, 0.2) is 0 Å². The number of rotatable bonds is 7. The largest absolute Gasteiger partial charge is 0.480 e. The van der Waals surface area contributed by atoms with Crippen LogP contribution < -0.4 is 4.72 Å². The van der Waals surface area contributed by atoms with Crippen LogP contribution in [-0.4, -0.2) is 35.7 Å². The summed E-state index contributed by atoms with van der Waals surface area (Å²) in [6.45, 7) is 5.05. The van der Waals surface area contributed by atoms with Gasteiger partial charge in [-0.05, 0) is 20.3 Å². The zero-order chi connectivity index (χ0) is 14.6. The van der Waals surface area contributed by atoms with Gasteiger partial charge in [0.2, 0.25) is 10.0 Å². The summed E-state index contributed by atoms with van der Waals surface area (Å²) in [5.41, 5.74) is 0.717. The highest BCUT2D eigenvalue weighted by atomic mass is 32.2. The van der Waals surface area contributed by atoms with Crippen LogP contribution in [0.15, 0.2) is 4.90 Å². The number of unbranched alkanes of at least 4 members (excludes halogenated alkanes) is 1. The highest BCUT2D eigenvalue weighted by Gasteiger charge is 2.28. The molecule has 0 radical (unpaired) electrons. The Bertz CT molecular complexity index is 531. The molecule has 0 spiro atoms. The van der Waals surface area contributed by atoms with Crippen LogP contribution in [0.3, 0.4) is 0 Å². The van der Waals surface area contributed by atoms with E-state index in [2.05, 4.69) is 14.9 Å². The lowest BCUT2D eigenvalue weighted by Gasteiger charge is -2.14. The van der Waals surface area contributed by atoms with Gasteiger partial charge < -0.3 is 5.11 Å². The van der Waals surface area contributed by atoms with Crippen molar-refractivity contribution in [1.82, 2.24) is 14.9 Å². The molecule has 1 aromatic heterocycles. The van der Waals surface area contributed by atoms with E-state index in [-0.39, 0.29) is 11.3 Å². The van der Waals surface area contributed by atoms with Crippen LogP contribution in [0, 0.1) is 13.8 Å². The molecule has 0 aromatic carbocycles. The van der Waals surface area contributed by atoms with Crippen LogP contribution in [0.4, 0.5) is 0 Å². The van der Waals surface area contributed by atoms with Crippen LogP contribution in [0.1, 0.15) is 37.6 Å². The second-order valence-electron chi connectivity index (χ2n) is 4.42. The molecule has 19 heavy (non-hydrogen) atoms. The van der Waals surface area contributed by atoms with E-state index in [1.54, 1.807) is 13.8 Å². The fraction of sp³-hybridized carbons (Fsp3) is 0.636. The molecule has 108 valence electrons. The Morgan fingerprint density at radius 3 is 2.53 bits per heavy atom. The first-order valence-corrected chi connectivity index (χ1v) is 7.54. The Labute approximate surface area is 112 Å². The predicted molar refractivity (Wildman–Crippen MR) is 69.3 cm³/mol. The van der Waals surface area contributed by atoms with Gasteiger partial charge in [0.25, 0.3) is 0 Å². The minimum absolute atomic E-state index is 0.0234. The molecule has 0 saturated heterocycles. The smallest absolute Gasteiger partial charge is 0.321 e. The number of H-pyrrole nitrogens is 1. The Balaban J connectivity index is 2.98. The van der Waals surface area contributed by atoms with Crippen molar-refractivity contribution in [2.24, 2.45) is 0 Å². The van der Waals surface area contributed by atoms with E-state index in [0.29, 0.717) is 17.8 Å². The predicted octanol–water partition coefficient (Wildman–Crippen LogP) is 0.948. The molecule has 1 heterocycles. The monoisotopic (exact) mass is 289 g/mol. The molecular formula is C11H19N3O4S. The van der Waals surface area contributed by atoms with Gasteiger partial charge in [0.1, 0.15) is 10.9 Å². The van der Waals surface area contributed by atoms with Gasteiger partial charge in [-0.15, -0.1) is 0 Å². The summed E-state index contributed by atoms with van der Waals surface area (Å²) in [6.07, 6.45) is 1.71. The minimum atomic E-state index is -3.88. The summed E-state index contributed by atoms with van der Waals surface area (Å²) >= 11 is 0. The highest BCUT2D eigenvalue weighted by Crippen LogP contribution is 2.17. The van der Waals surface area contributed by atoms with Gasteiger partial charge in [-0.25, -0.2) is 8.42 Å². The van der Waals surface area contributed by atoms with E-state index >= 15 is 0 Å². The number of nitrogens with zero attached hydrogens (tertiary/aromatic N) is 1. The lowest BCUT2D eigenvalue weighted by Crippen LogP contribution is -2.40. The first-order chi connectivity index (χ1) is 8.79. The van der Waals surface area contributed by atoms with Gasteiger partial charge in [-0.1, -0.05) is 19.8 Å². The molecule has 0 aliphatic carbocycles. The third-order valence-corrected chi connectivity index (χ3v) is 4.50. The quantitative estimate of drug-likeness (QED) is 0.691. The minimum Gasteiger partial charge on any atom is -0.480 e. The molecule has 0 bridgehead atoms. The van der Waals surface area contributed by atoms with Crippen molar-refractivity contribution in [3.05, 3.63) is 11.4 Å². The van der Waals surface area contributed by atoms with E-state index in [1.807, 2.05) is 6.92 Å². The summed E-state index contributed by atoms with van der Waals surface area (Å²) in [5.74, 6) is -1.17. The summed E-state index contributed by atoms with van der Waals surface area (Å²) in [6, 6.07) is -1.11. The zero-order valence-electron chi connectivity index (χ0n) is 11.2. The van der Waals surface area contributed by atoms with Crippen LogP contribution in [0.25, 0.3) is 0 Å². The van der Waals surface area contributed by atoms with Crippen molar-refractivity contribution in [2.75, 3.05) is 0 Å². The van der Waals surface area contributed by atoms with Gasteiger partial charge in [-0.2, -0.15) is 9.82 Å². The van der Waals surface area contributed by atoms with Crippen LogP contribution in [0.2, 0.25) is 0 Å². The highest BCUT2D eigenvalue weighted by molar-refractivity contribution is 7.89. The van der Waals surface area contributed by atoms with E-state index in [4.69, 9.17) is 5.11 Å². The molecule has 1 unspecified atom stereocenters. The van der Waals surface area contributed by atoms with E-state index in [1.165, 1.54) is 0 Å². The number of carbonyl (C=O) groups is 1. The lowest BCUT2D eigenvalue weighted by molar-refractivity contribution is -0.139. The summed E-state index contributed by atoms with van der Waals surface area (Å²) in [5, 5.41) is 15.4. The Kier molecular flexibility index (Phi) is 5.07. The number of sulfonamides is 1. The Morgan fingerprint density at radius 2 is 2.11 bits per heavy atom. The van der Waals surface area contributed by atoms with Crippen molar-refractivity contribution in [1.29, 1.82) is 0 Å². The molecule has 0 fully saturated rings. The molecule has 3 N–H and O–H groups in total. The number of aromatic nitrogens is 2. The number of carboxylic acid groups (broad SMARTS) is 1. The molecule has 0 amide bonds. The number of hydrogen-bond donors (Lipinski definition) is 3. The first-order valence-electron chi connectivity index (χ1n) is 6.06. The van der Waals surface area contributed by atoms with Gasteiger partial charge >= 0.3 is 5.97 Å². The number of nitrogens with one attached hydrogen (secondary N) is 2. The molecule has 0 aliphatic heterocycles. The van der Waals surface area contributed by atoms with Gasteiger partial charge in [-0.3, -0.25) is 9.89 Å². The van der Waals surface area contributed by atoms with Crippen molar-refractivity contribution < 1.29 is 18.3 Å². The van der Waals surface area contributed by atoms with E-state index in [0.717, 1.165) is 6.42 Å². The molecular weight excluding hydrogens is 270 g/mol. The average Bonchev–Trinajstić information content (AvgIpc) is 2.64. The maximum atomic E-state index is 12.2. The third kappa shape index (κ3) is 3.77. The maximum Gasteiger partial charge on any atom is 0.321 e. The number of aromatic amines is 1. The maximum absolute atomic E-state index is 12.2. The fourth-order valence-electron chi connectivity index (χ4n) is 1.82. The van der Waals surface area contributed by atoms with Crippen molar-refractivity contribution in [3.63, 3.8) is 0 Å². The van der Waals surface area contributed by atoms with Crippen molar-refractivity contribution in [2.45, 2.75) is 51.0 Å². The molecule has 0 saturated carbocycles. The third-order valence-electron chi connectivity index (χ3n) is 2.77. The SMILES string of the molecule is CCCCC(NS(=O)(=O)c1c(C)n[nH]c1C)C(=O)O. The van der Waals surface area contributed by atoms with Crippen LogP contribution in [-0.2, 0) is 14.8 Å². The molecule has 0 aliphatic rings. The number of aryl methyl sites for hydroxylation is 2. The standard InChI is InChI=1S/C11H19N3O4S/c1-4-5-6-9(11(15)16)14-19(17,18)10-7(2)12-13-8(10)3/h9,14H,4-6H2,1-3H3,(H,12,13)(H,15,16). The van der Waals surface area contributed by atoms with Crippen LogP contribution >= 0.6 is 0 Å². The average molecular weight is 289 g/mol. The normalized spacial score (nSPS) is 13.4. The zero-order valence-corrected chi connectivity index (χ0v) is 12.0. The lowest BCUT2D eigenvalue weighted by atomic mass is 10.1. The Morgan fingerprint density at radius 1 is 1.47 bits per heavy atom. The fourth-order valence-corrected chi connectivity index (χ4v) is 3.42. The summed E-state index contributed by atoms with van der Waals surface area (Å²) in [7, 11) is -3.88. The summed E-state index contributed by atoms with van der Waals surface area (Å²) < 4.78 is 26.6. The number of aliphatic carboxylic acids is 1. The van der Waals surface area contributed by atoms with Crippen molar-refractivity contribution >= 4 is 16.0 Å². The second-order valence-corrected chi connectivity index (χ2v) is 6.07. The molecule has 7 nitrogen and oxygen atoms in total. The number of hydrogen-bond acceptors (Lipinski definition) is 4. The first kappa shape index (κ1) is 15.6. The Hall–Kier alpha value is -1.41. The van der Waals surface area contributed by atoms with Gasteiger partial charge in [0, 0.05) is 0 Å². The van der Waals surface area contributed by atoms with E-state index in [9.17, 15) is 13.2 Å². The number of carboxylic acids is 1. The van der Waals surface area contributed by atoms with Crippen molar-refractivity contribution in [3.8, 4) is 0 Å². The molecule has 1 atom stereocenters. The molecule has 8 heteroatoms. The topological polar surface area (TPSA) is 112 Å². The van der Waals surface area contributed by atoms with E-state index < -0.39 is 22.0 Å². The molecule has 1 aromatic rings. The summed E-state index contributed by atoms with van der Waals surface area (Å²) in [4.78, 5) is 11.1. The van der Waals surface area contributed by atoms with Gasteiger partial charge in [0.05, 0.1) is 11.4 Å².